The first-order valence-corrected chi connectivity index (χ1v) is 6.63. The Kier molecular flexibility index (Phi) is 1.77. The predicted molar refractivity (Wildman–Crippen MR) is 73.0 cm³/mol. The van der Waals surface area contributed by atoms with Crippen LogP contribution in [-0.2, 0) is 0 Å². The number of para-hydroxylation sites is 1. The molecular formula is C14H12N2S. The summed E-state index contributed by atoms with van der Waals surface area (Å²) in [6, 6.07) is 15.2. The highest BCUT2D eigenvalue weighted by Crippen LogP contribution is 2.53. The zero-order valence-corrected chi connectivity index (χ0v) is 10.3. The van der Waals surface area contributed by atoms with Crippen LogP contribution in [0.5, 0.6) is 0 Å². The Labute approximate surface area is 105 Å². The number of rotatable bonds is 0. The predicted octanol–water partition coefficient (Wildman–Crippen LogP) is 3.95. The standard InChI is InChI=1S/C14H12N2S/c1-9-6-7-10-12(8-9)16-11-4-2-3-5-13(11)17-14(16)15-10/h2-8,14-15H,1H3. The Bertz CT molecular complexity index is 609. The first-order valence-electron chi connectivity index (χ1n) is 5.75. The Morgan fingerprint density at radius 1 is 1.12 bits per heavy atom. The third kappa shape index (κ3) is 1.23. The molecule has 0 saturated heterocycles. The lowest BCUT2D eigenvalue weighted by molar-refractivity contribution is 1.05. The van der Waals surface area contributed by atoms with E-state index in [0.29, 0.717) is 5.50 Å². The molecule has 0 fully saturated rings. The van der Waals surface area contributed by atoms with E-state index in [4.69, 9.17) is 0 Å². The maximum absolute atomic E-state index is 3.56. The number of nitrogens with one attached hydrogen (secondary N) is 1. The van der Waals surface area contributed by atoms with Crippen LogP contribution in [0, 0.1) is 6.92 Å². The molecule has 1 unspecified atom stereocenters. The molecule has 0 radical (unpaired) electrons. The molecule has 2 aliphatic heterocycles. The number of aryl methyl sites for hydroxylation is 1. The Balaban J connectivity index is 1.92. The molecule has 1 atom stereocenters. The van der Waals surface area contributed by atoms with Gasteiger partial charge in [-0.3, -0.25) is 0 Å². The largest absolute Gasteiger partial charge is 0.354 e. The summed E-state index contributed by atoms with van der Waals surface area (Å²) in [5.41, 5.74) is 5.49. The van der Waals surface area contributed by atoms with E-state index < -0.39 is 0 Å². The van der Waals surface area contributed by atoms with Crippen LogP contribution >= 0.6 is 11.8 Å². The molecule has 0 spiro atoms. The molecule has 0 saturated carbocycles. The third-order valence-electron chi connectivity index (χ3n) is 3.29. The van der Waals surface area contributed by atoms with Crippen LogP contribution in [-0.4, -0.2) is 5.50 Å². The number of hydrogen-bond donors (Lipinski definition) is 1. The summed E-state index contributed by atoms with van der Waals surface area (Å²) < 4.78 is 0. The van der Waals surface area contributed by atoms with Gasteiger partial charge < -0.3 is 10.2 Å². The Morgan fingerprint density at radius 3 is 2.94 bits per heavy atom. The van der Waals surface area contributed by atoms with Crippen LogP contribution in [0.2, 0.25) is 0 Å². The third-order valence-corrected chi connectivity index (χ3v) is 4.44. The molecule has 1 N–H and O–H groups in total. The van der Waals surface area contributed by atoms with Crippen molar-refractivity contribution in [2.45, 2.75) is 17.3 Å². The van der Waals surface area contributed by atoms with Gasteiger partial charge in [0.25, 0.3) is 0 Å². The van der Waals surface area contributed by atoms with E-state index in [1.165, 1.54) is 27.5 Å². The van der Waals surface area contributed by atoms with Gasteiger partial charge in [0.2, 0.25) is 0 Å². The van der Waals surface area contributed by atoms with Crippen LogP contribution in [0.25, 0.3) is 0 Å². The quantitative estimate of drug-likeness (QED) is 0.750. The summed E-state index contributed by atoms with van der Waals surface area (Å²) in [6.07, 6.45) is 0. The first-order chi connectivity index (χ1) is 8.33. The second-order valence-electron chi connectivity index (χ2n) is 4.47. The Morgan fingerprint density at radius 2 is 2.00 bits per heavy atom. The highest BCUT2D eigenvalue weighted by molar-refractivity contribution is 8.00. The number of nitrogens with zero attached hydrogens (tertiary/aromatic N) is 1. The lowest BCUT2D eigenvalue weighted by Crippen LogP contribution is -2.23. The second-order valence-corrected chi connectivity index (χ2v) is 5.59. The molecule has 0 aliphatic carbocycles. The fraction of sp³-hybridized carbons (Fsp3) is 0.143. The molecule has 17 heavy (non-hydrogen) atoms. The van der Waals surface area contributed by atoms with Gasteiger partial charge in [-0.05, 0) is 36.8 Å². The van der Waals surface area contributed by atoms with E-state index in [9.17, 15) is 0 Å². The zero-order chi connectivity index (χ0) is 11.4. The summed E-state index contributed by atoms with van der Waals surface area (Å²) >= 11 is 1.88. The maximum atomic E-state index is 3.56. The number of anilines is 3. The number of benzene rings is 2. The van der Waals surface area contributed by atoms with Gasteiger partial charge in [0.15, 0.2) is 5.50 Å². The van der Waals surface area contributed by atoms with E-state index >= 15 is 0 Å². The highest BCUT2D eigenvalue weighted by Gasteiger charge is 2.37. The highest BCUT2D eigenvalue weighted by atomic mass is 32.2. The first kappa shape index (κ1) is 9.42. The van der Waals surface area contributed by atoms with Crippen molar-refractivity contribution in [3.05, 3.63) is 48.0 Å². The van der Waals surface area contributed by atoms with Gasteiger partial charge in [-0.1, -0.05) is 30.0 Å². The van der Waals surface area contributed by atoms with Crippen molar-refractivity contribution in [3.63, 3.8) is 0 Å². The van der Waals surface area contributed by atoms with Crippen LogP contribution in [0.3, 0.4) is 0 Å². The van der Waals surface area contributed by atoms with Crippen LogP contribution in [0.1, 0.15) is 5.56 Å². The van der Waals surface area contributed by atoms with Crippen molar-refractivity contribution in [3.8, 4) is 0 Å². The van der Waals surface area contributed by atoms with Gasteiger partial charge in [-0.2, -0.15) is 0 Å². The van der Waals surface area contributed by atoms with E-state index in [2.05, 4.69) is 59.6 Å². The molecule has 84 valence electrons. The number of hydrogen-bond acceptors (Lipinski definition) is 3. The molecule has 0 bridgehead atoms. The second kappa shape index (κ2) is 3.20. The minimum atomic E-state index is 0.323. The van der Waals surface area contributed by atoms with Gasteiger partial charge in [-0.15, -0.1) is 0 Å². The summed E-state index contributed by atoms with van der Waals surface area (Å²) in [7, 11) is 0. The van der Waals surface area contributed by atoms with Crippen molar-refractivity contribution in [1.29, 1.82) is 0 Å². The monoisotopic (exact) mass is 240 g/mol. The average molecular weight is 240 g/mol. The smallest absolute Gasteiger partial charge is 0.157 e. The van der Waals surface area contributed by atoms with Gasteiger partial charge >= 0.3 is 0 Å². The molecule has 2 heterocycles. The molecule has 2 aliphatic rings. The van der Waals surface area contributed by atoms with Crippen LogP contribution in [0.15, 0.2) is 47.4 Å². The van der Waals surface area contributed by atoms with E-state index in [1.807, 2.05) is 11.8 Å². The summed E-state index contributed by atoms with van der Waals surface area (Å²) in [6.45, 7) is 2.14. The molecule has 2 aromatic rings. The van der Waals surface area contributed by atoms with Crippen molar-refractivity contribution < 1.29 is 0 Å². The molecular weight excluding hydrogens is 228 g/mol. The minimum Gasteiger partial charge on any atom is -0.354 e. The van der Waals surface area contributed by atoms with Gasteiger partial charge in [0, 0.05) is 4.90 Å². The van der Waals surface area contributed by atoms with Crippen LogP contribution < -0.4 is 10.2 Å². The Hall–Kier alpha value is -1.61. The topological polar surface area (TPSA) is 15.3 Å². The average Bonchev–Trinajstić information content (AvgIpc) is 2.84. The summed E-state index contributed by atoms with van der Waals surface area (Å²) in [5.74, 6) is 0. The number of fused-ring (bicyclic) bond motifs is 5. The van der Waals surface area contributed by atoms with Gasteiger partial charge in [0.1, 0.15) is 0 Å². The molecule has 4 rings (SSSR count). The van der Waals surface area contributed by atoms with Crippen molar-refractivity contribution >= 4 is 28.8 Å². The van der Waals surface area contributed by atoms with Crippen LogP contribution in [0.4, 0.5) is 17.1 Å². The molecule has 0 aromatic heterocycles. The molecule has 2 aromatic carbocycles. The number of thioether (sulfide) groups is 1. The SMILES string of the molecule is Cc1ccc2c(c1)N1c3ccccc3SC1N2. The van der Waals surface area contributed by atoms with Gasteiger partial charge in [-0.25, -0.2) is 0 Å². The lowest BCUT2D eigenvalue weighted by Gasteiger charge is -2.18. The normalized spacial score (nSPS) is 19.6. The van der Waals surface area contributed by atoms with E-state index in [0.717, 1.165) is 0 Å². The van der Waals surface area contributed by atoms with Crippen molar-refractivity contribution in [1.82, 2.24) is 0 Å². The fourth-order valence-electron chi connectivity index (χ4n) is 2.50. The van der Waals surface area contributed by atoms with E-state index in [1.54, 1.807) is 0 Å². The summed E-state index contributed by atoms with van der Waals surface area (Å²) in [5, 5.41) is 3.56. The van der Waals surface area contributed by atoms with Crippen molar-refractivity contribution in [2.75, 3.05) is 10.2 Å². The molecule has 3 heteroatoms. The fourth-order valence-corrected chi connectivity index (χ4v) is 3.70. The maximum Gasteiger partial charge on any atom is 0.157 e. The molecule has 0 amide bonds. The minimum absolute atomic E-state index is 0.323. The summed E-state index contributed by atoms with van der Waals surface area (Å²) in [4.78, 5) is 3.75. The lowest BCUT2D eigenvalue weighted by atomic mass is 10.2. The van der Waals surface area contributed by atoms with Crippen molar-refractivity contribution in [2.24, 2.45) is 0 Å². The zero-order valence-electron chi connectivity index (χ0n) is 9.47. The molecule has 2 nitrogen and oxygen atoms in total. The van der Waals surface area contributed by atoms with Gasteiger partial charge in [0.05, 0.1) is 17.1 Å². The van der Waals surface area contributed by atoms with E-state index in [-0.39, 0.29) is 0 Å².